The quantitative estimate of drug-likeness (QED) is 0.765. The van der Waals surface area contributed by atoms with Crippen molar-refractivity contribution in [3.8, 4) is 0 Å². The molecule has 1 aliphatic heterocycles. The summed E-state index contributed by atoms with van der Waals surface area (Å²) < 4.78 is 0. The minimum atomic E-state index is -0.936. The first-order valence-corrected chi connectivity index (χ1v) is 6.69. The van der Waals surface area contributed by atoms with E-state index in [1.54, 1.807) is 29.2 Å². The highest BCUT2D eigenvalue weighted by Gasteiger charge is 2.31. The Hall–Kier alpha value is -2.41. The Labute approximate surface area is 121 Å². The molecule has 0 spiro atoms. The molecule has 0 aromatic heterocycles. The van der Waals surface area contributed by atoms with E-state index in [1.807, 2.05) is 6.07 Å². The number of aliphatic carboxylic acids is 1. The van der Waals surface area contributed by atoms with Crippen LogP contribution in [-0.4, -0.2) is 47.0 Å². The van der Waals surface area contributed by atoms with Crippen LogP contribution in [0.1, 0.15) is 12.8 Å². The first-order valence-electron chi connectivity index (χ1n) is 6.69. The second kappa shape index (κ2) is 6.85. The number of benzene rings is 1. The molecule has 1 aromatic carbocycles. The van der Waals surface area contributed by atoms with Gasteiger partial charge in [-0.2, -0.15) is 0 Å². The summed E-state index contributed by atoms with van der Waals surface area (Å²) in [6, 6.07) is 7.47. The van der Waals surface area contributed by atoms with Gasteiger partial charge >= 0.3 is 12.0 Å². The van der Waals surface area contributed by atoms with Crippen molar-refractivity contribution in [1.82, 2.24) is 10.2 Å². The number of amides is 3. The van der Waals surface area contributed by atoms with Gasteiger partial charge in [-0.05, 0) is 31.5 Å². The van der Waals surface area contributed by atoms with Crippen molar-refractivity contribution in [1.29, 1.82) is 0 Å². The van der Waals surface area contributed by atoms with E-state index in [0.717, 1.165) is 6.42 Å². The molecule has 1 aliphatic rings. The van der Waals surface area contributed by atoms with E-state index >= 15 is 0 Å². The maximum Gasteiger partial charge on any atom is 0.325 e. The number of carbonyl (C=O) groups is 3. The standard InChI is InChI=1S/C14H17N3O4/c18-12(9-17-8-4-7-11(17)13(19)20)16-14(21)15-10-5-2-1-3-6-10/h1-3,5-6,11H,4,7-9H2,(H,19,20)(H2,15,16,18,21). The van der Waals surface area contributed by atoms with Gasteiger partial charge in [-0.15, -0.1) is 0 Å². The summed E-state index contributed by atoms with van der Waals surface area (Å²) in [4.78, 5) is 36.0. The largest absolute Gasteiger partial charge is 0.480 e. The van der Waals surface area contributed by atoms with Crippen molar-refractivity contribution in [2.45, 2.75) is 18.9 Å². The highest BCUT2D eigenvalue weighted by atomic mass is 16.4. The van der Waals surface area contributed by atoms with Crippen LogP contribution in [0.2, 0.25) is 0 Å². The molecule has 7 heteroatoms. The highest BCUT2D eigenvalue weighted by molar-refractivity contribution is 6.01. The average molecular weight is 291 g/mol. The number of likely N-dealkylation sites (tertiary alicyclic amines) is 1. The van der Waals surface area contributed by atoms with Crippen LogP contribution < -0.4 is 10.6 Å². The summed E-state index contributed by atoms with van der Waals surface area (Å²) in [5.41, 5.74) is 0.576. The second-order valence-electron chi connectivity index (χ2n) is 4.84. The molecule has 0 saturated carbocycles. The number of anilines is 1. The molecule has 7 nitrogen and oxygen atoms in total. The lowest BCUT2D eigenvalue weighted by Gasteiger charge is -2.19. The molecule has 3 amide bonds. The molecule has 1 unspecified atom stereocenters. The van der Waals surface area contributed by atoms with E-state index in [2.05, 4.69) is 10.6 Å². The lowest BCUT2D eigenvalue weighted by atomic mass is 10.2. The number of carboxylic acids is 1. The third kappa shape index (κ3) is 4.28. The molecule has 1 fully saturated rings. The van der Waals surface area contributed by atoms with Gasteiger partial charge in [0.2, 0.25) is 5.91 Å². The smallest absolute Gasteiger partial charge is 0.325 e. The van der Waals surface area contributed by atoms with Crippen molar-refractivity contribution >= 4 is 23.6 Å². The van der Waals surface area contributed by atoms with Crippen molar-refractivity contribution < 1.29 is 19.5 Å². The number of para-hydroxylation sites is 1. The van der Waals surface area contributed by atoms with Gasteiger partial charge in [0.25, 0.3) is 0 Å². The van der Waals surface area contributed by atoms with Crippen LogP contribution in [0.25, 0.3) is 0 Å². The third-order valence-corrected chi connectivity index (χ3v) is 3.28. The van der Waals surface area contributed by atoms with Crippen LogP contribution in [0.4, 0.5) is 10.5 Å². The molecule has 1 aromatic rings. The number of hydrogen-bond acceptors (Lipinski definition) is 4. The first kappa shape index (κ1) is 15.0. The van der Waals surface area contributed by atoms with E-state index in [-0.39, 0.29) is 6.54 Å². The summed E-state index contributed by atoms with van der Waals surface area (Å²) in [6.45, 7) is 0.448. The molecular formula is C14H17N3O4. The normalized spacial score (nSPS) is 18.2. The van der Waals surface area contributed by atoms with Gasteiger partial charge in [0.1, 0.15) is 6.04 Å². The average Bonchev–Trinajstić information content (AvgIpc) is 2.87. The summed E-state index contributed by atoms with van der Waals surface area (Å²) in [7, 11) is 0. The monoisotopic (exact) mass is 291 g/mol. The van der Waals surface area contributed by atoms with Crippen LogP contribution in [0.15, 0.2) is 30.3 Å². The van der Waals surface area contributed by atoms with Crippen molar-refractivity contribution in [2.75, 3.05) is 18.4 Å². The number of nitrogens with zero attached hydrogens (tertiary/aromatic N) is 1. The number of imide groups is 1. The highest BCUT2D eigenvalue weighted by Crippen LogP contribution is 2.16. The number of carboxylic acid groups (broad SMARTS) is 1. The van der Waals surface area contributed by atoms with Crippen LogP contribution in [0, 0.1) is 0 Å². The first-order chi connectivity index (χ1) is 10.1. The predicted octanol–water partition coefficient (Wildman–Crippen LogP) is 0.884. The number of urea groups is 1. The lowest BCUT2D eigenvalue weighted by molar-refractivity contribution is -0.142. The topological polar surface area (TPSA) is 98.7 Å². The van der Waals surface area contributed by atoms with Gasteiger partial charge in [0, 0.05) is 5.69 Å². The molecule has 112 valence electrons. The van der Waals surface area contributed by atoms with Crippen molar-refractivity contribution in [3.05, 3.63) is 30.3 Å². The number of nitrogens with one attached hydrogen (secondary N) is 2. The Morgan fingerprint density at radius 3 is 2.62 bits per heavy atom. The third-order valence-electron chi connectivity index (χ3n) is 3.28. The number of carbonyl (C=O) groups excluding carboxylic acids is 2. The molecule has 3 N–H and O–H groups in total. The Balaban J connectivity index is 1.81. The van der Waals surface area contributed by atoms with Gasteiger partial charge in [-0.1, -0.05) is 18.2 Å². The molecule has 0 aliphatic carbocycles. The SMILES string of the molecule is O=C(CN1CCCC1C(=O)O)NC(=O)Nc1ccccc1. The van der Waals surface area contributed by atoms with Gasteiger partial charge in [0.05, 0.1) is 6.54 Å². The molecule has 2 rings (SSSR count). The molecule has 0 radical (unpaired) electrons. The van der Waals surface area contributed by atoms with Crippen LogP contribution in [-0.2, 0) is 9.59 Å². The van der Waals surface area contributed by atoms with Crippen LogP contribution >= 0.6 is 0 Å². The molecule has 21 heavy (non-hydrogen) atoms. The maximum atomic E-state index is 11.8. The zero-order chi connectivity index (χ0) is 15.2. The fraction of sp³-hybridized carbons (Fsp3) is 0.357. The van der Waals surface area contributed by atoms with Crippen LogP contribution in [0.3, 0.4) is 0 Å². The van der Waals surface area contributed by atoms with Crippen molar-refractivity contribution in [2.24, 2.45) is 0 Å². The van der Waals surface area contributed by atoms with Gasteiger partial charge in [0.15, 0.2) is 0 Å². The molecular weight excluding hydrogens is 274 g/mol. The number of hydrogen-bond donors (Lipinski definition) is 3. The molecule has 1 saturated heterocycles. The van der Waals surface area contributed by atoms with E-state index in [9.17, 15) is 14.4 Å². The fourth-order valence-electron chi connectivity index (χ4n) is 2.33. The lowest BCUT2D eigenvalue weighted by Crippen LogP contribution is -2.45. The zero-order valence-electron chi connectivity index (χ0n) is 11.4. The molecule has 0 bridgehead atoms. The number of rotatable bonds is 4. The van der Waals surface area contributed by atoms with Crippen molar-refractivity contribution in [3.63, 3.8) is 0 Å². The van der Waals surface area contributed by atoms with E-state index in [4.69, 9.17) is 5.11 Å². The summed E-state index contributed by atoms with van der Waals surface area (Å²) in [6.07, 6.45) is 1.26. The summed E-state index contributed by atoms with van der Waals surface area (Å²) in [5, 5.41) is 13.7. The van der Waals surface area contributed by atoms with E-state index in [0.29, 0.717) is 18.7 Å². The second-order valence-corrected chi connectivity index (χ2v) is 4.84. The summed E-state index contributed by atoms with van der Waals surface area (Å²) in [5.74, 6) is -1.45. The minimum Gasteiger partial charge on any atom is -0.480 e. The Morgan fingerprint density at radius 1 is 1.24 bits per heavy atom. The van der Waals surface area contributed by atoms with Crippen LogP contribution in [0.5, 0.6) is 0 Å². The zero-order valence-corrected chi connectivity index (χ0v) is 11.4. The maximum absolute atomic E-state index is 11.8. The van der Waals surface area contributed by atoms with Gasteiger partial charge in [-0.3, -0.25) is 19.8 Å². The van der Waals surface area contributed by atoms with Gasteiger partial charge < -0.3 is 10.4 Å². The Morgan fingerprint density at radius 2 is 1.95 bits per heavy atom. The van der Waals surface area contributed by atoms with E-state index in [1.165, 1.54) is 0 Å². The Bertz CT molecular complexity index is 532. The fourth-order valence-corrected chi connectivity index (χ4v) is 2.33. The summed E-state index contributed by atoms with van der Waals surface area (Å²) >= 11 is 0. The Kier molecular flexibility index (Phi) is 4.89. The molecule has 1 atom stereocenters. The minimum absolute atomic E-state index is 0.0980. The predicted molar refractivity (Wildman–Crippen MR) is 75.8 cm³/mol. The molecule has 1 heterocycles. The van der Waals surface area contributed by atoms with Gasteiger partial charge in [-0.25, -0.2) is 4.79 Å². The van der Waals surface area contributed by atoms with E-state index < -0.39 is 23.9 Å².